The normalized spacial score (nSPS) is 10.6. The fourth-order valence-electron chi connectivity index (χ4n) is 1.47. The van der Waals surface area contributed by atoms with Crippen LogP contribution in [-0.4, -0.2) is 9.55 Å². The molecule has 2 aromatic rings. The molecular weight excluding hydrogens is 254 g/mol. The topological polar surface area (TPSA) is 43.8 Å². The molecule has 0 radical (unpaired) electrons. The predicted octanol–water partition coefficient (Wildman–Crippen LogP) is 2.83. The van der Waals surface area contributed by atoms with Gasteiger partial charge in [0.2, 0.25) is 0 Å². The lowest BCUT2D eigenvalue weighted by Gasteiger charge is -2.09. The molecule has 2 N–H and O–H groups in total. The van der Waals surface area contributed by atoms with E-state index in [0.29, 0.717) is 0 Å². The molecule has 2 rings (SSSR count). The molecule has 0 amide bonds. The summed E-state index contributed by atoms with van der Waals surface area (Å²) in [6, 6.07) is 5.80. The van der Waals surface area contributed by atoms with Crippen molar-refractivity contribution in [1.29, 1.82) is 0 Å². The zero-order chi connectivity index (χ0) is 11.0. The number of hydrogen-bond donors (Lipinski definition) is 1. The highest BCUT2D eigenvalue weighted by Crippen LogP contribution is 2.24. The van der Waals surface area contributed by atoms with Gasteiger partial charge in [-0.1, -0.05) is 15.9 Å². The van der Waals surface area contributed by atoms with Crippen molar-refractivity contribution < 1.29 is 0 Å². The van der Waals surface area contributed by atoms with E-state index in [2.05, 4.69) is 20.9 Å². The third-order valence-corrected chi connectivity index (χ3v) is 3.00. The molecule has 3 nitrogen and oxygen atoms in total. The molecule has 0 fully saturated rings. The molecule has 15 heavy (non-hydrogen) atoms. The Labute approximate surface area is 97.1 Å². The van der Waals surface area contributed by atoms with Crippen LogP contribution in [0.4, 0.5) is 5.69 Å². The molecule has 0 aliphatic rings. The lowest BCUT2D eigenvalue weighted by atomic mass is 10.2. The van der Waals surface area contributed by atoms with Gasteiger partial charge in [-0.15, -0.1) is 0 Å². The quantitative estimate of drug-likeness (QED) is 0.806. The molecule has 78 valence electrons. The zero-order valence-corrected chi connectivity index (χ0v) is 10.2. The maximum atomic E-state index is 5.93. The number of imidazole rings is 1. The number of nitrogens with zero attached hydrogens (tertiary/aromatic N) is 2. The van der Waals surface area contributed by atoms with Crippen LogP contribution in [0.3, 0.4) is 0 Å². The van der Waals surface area contributed by atoms with E-state index in [0.717, 1.165) is 27.2 Å². The van der Waals surface area contributed by atoms with Gasteiger partial charge in [-0.05, 0) is 32.0 Å². The number of nitrogens with two attached hydrogens (primary N) is 1. The fraction of sp³-hybridized carbons (Fsp3) is 0.182. The van der Waals surface area contributed by atoms with Gasteiger partial charge >= 0.3 is 0 Å². The van der Waals surface area contributed by atoms with Gasteiger partial charge in [0, 0.05) is 10.2 Å². The summed E-state index contributed by atoms with van der Waals surface area (Å²) < 4.78 is 3.01. The first-order valence-corrected chi connectivity index (χ1v) is 5.45. The van der Waals surface area contributed by atoms with Gasteiger partial charge in [0.05, 0.1) is 23.4 Å². The Morgan fingerprint density at radius 3 is 2.67 bits per heavy atom. The SMILES string of the molecule is Cc1ncn(-c2cc(Br)ccc2N)c1C. The van der Waals surface area contributed by atoms with E-state index in [-0.39, 0.29) is 0 Å². The highest BCUT2D eigenvalue weighted by atomic mass is 79.9. The van der Waals surface area contributed by atoms with Gasteiger partial charge in [-0.2, -0.15) is 0 Å². The Kier molecular flexibility index (Phi) is 2.52. The van der Waals surface area contributed by atoms with Crippen LogP contribution in [0.25, 0.3) is 5.69 Å². The average Bonchev–Trinajstić information content (AvgIpc) is 2.52. The number of aryl methyl sites for hydroxylation is 1. The Morgan fingerprint density at radius 2 is 2.07 bits per heavy atom. The van der Waals surface area contributed by atoms with E-state index in [9.17, 15) is 0 Å². The van der Waals surface area contributed by atoms with Crippen LogP contribution in [0.2, 0.25) is 0 Å². The Hall–Kier alpha value is -1.29. The minimum atomic E-state index is 0.749. The molecule has 1 aromatic heterocycles. The van der Waals surface area contributed by atoms with Crippen LogP contribution >= 0.6 is 15.9 Å². The van der Waals surface area contributed by atoms with Gasteiger partial charge in [0.15, 0.2) is 0 Å². The van der Waals surface area contributed by atoms with E-state index < -0.39 is 0 Å². The molecule has 0 atom stereocenters. The molecule has 0 bridgehead atoms. The van der Waals surface area contributed by atoms with Gasteiger partial charge in [-0.3, -0.25) is 0 Å². The molecule has 1 heterocycles. The summed E-state index contributed by atoms with van der Waals surface area (Å²) in [5, 5.41) is 0. The van der Waals surface area contributed by atoms with Crippen molar-refractivity contribution in [3.05, 3.63) is 40.4 Å². The second-order valence-electron chi connectivity index (χ2n) is 3.49. The third kappa shape index (κ3) is 1.77. The van der Waals surface area contributed by atoms with Gasteiger partial charge in [0.1, 0.15) is 0 Å². The lowest BCUT2D eigenvalue weighted by molar-refractivity contribution is 1.00. The number of benzene rings is 1. The monoisotopic (exact) mass is 265 g/mol. The molecule has 1 aromatic carbocycles. The zero-order valence-electron chi connectivity index (χ0n) is 8.66. The van der Waals surface area contributed by atoms with Crippen LogP contribution < -0.4 is 5.73 Å². The largest absolute Gasteiger partial charge is 0.397 e. The summed E-state index contributed by atoms with van der Waals surface area (Å²) in [5.74, 6) is 0. The number of rotatable bonds is 1. The van der Waals surface area contributed by atoms with Crippen molar-refractivity contribution in [1.82, 2.24) is 9.55 Å². The first-order valence-electron chi connectivity index (χ1n) is 4.65. The van der Waals surface area contributed by atoms with Crippen molar-refractivity contribution in [2.24, 2.45) is 0 Å². The van der Waals surface area contributed by atoms with Crippen LogP contribution in [0.1, 0.15) is 11.4 Å². The number of anilines is 1. The Bertz CT molecular complexity index is 503. The summed E-state index contributed by atoms with van der Waals surface area (Å²) in [6.07, 6.45) is 1.79. The molecule has 0 aliphatic carbocycles. The summed E-state index contributed by atoms with van der Waals surface area (Å²) in [4.78, 5) is 4.26. The lowest BCUT2D eigenvalue weighted by Crippen LogP contribution is -2.00. The molecule has 0 spiro atoms. The van der Waals surface area contributed by atoms with Crippen LogP contribution in [-0.2, 0) is 0 Å². The number of nitrogen functional groups attached to an aromatic ring is 1. The minimum absolute atomic E-state index is 0.749. The van der Waals surface area contributed by atoms with Crippen LogP contribution in [0, 0.1) is 13.8 Å². The van der Waals surface area contributed by atoms with E-state index in [1.54, 1.807) is 6.33 Å². The van der Waals surface area contributed by atoms with E-state index in [1.807, 2.05) is 36.6 Å². The third-order valence-electron chi connectivity index (χ3n) is 2.50. The van der Waals surface area contributed by atoms with E-state index >= 15 is 0 Å². The second kappa shape index (κ2) is 3.70. The van der Waals surface area contributed by atoms with Crippen LogP contribution in [0.15, 0.2) is 29.0 Å². The maximum absolute atomic E-state index is 5.93. The van der Waals surface area contributed by atoms with Crippen molar-refractivity contribution in [2.75, 3.05) is 5.73 Å². The predicted molar refractivity (Wildman–Crippen MR) is 65.2 cm³/mol. The second-order valence-corrected chi connectivity index (χ2v) is 4.40. The van der Waals surface area contributed by atoms with Crippen molar-refractivity contribution >= 4 is 21.6 Å². The van der Waals surface area contributed by atoms with Gasteiger partial charge in [0.25, 0.3) is 0 Å². The molecule has 0 unspecified atom stereocenters. The molecule has 0 saturated heterocycles. The Balaban J connectivity index is 2.63. The van der Waals surface area contributed by atoms with Crippen molar-refractivity contribution in [3.63, 3.8) is 0 Å². The Morgan fingerprint density at radius 1 is 1.33 bits per heavy atom. The van der Waals surface area contributed by atoms with Crippen LogP contribution in [0.5, 0.6) is 0 Å². The number of halogens is 1. The van der Waals surface area contributed by atoms with Crippen molar-refractivity contribution in [3.8, 4) is 5.69 Å². The minimum Gasteiger partial charge on any atom is -0.397 e. The van der Waals surface area contributed by atoms with E-state index in [4.69, 9.17) is 5.73 Å². The molecule has 0 aliphatic heterocycles. The highest BCUT2D eigenvalue weighted by molar-refractivity contribution is 9.10. The number of aromatic nitrogens is 2. The summed E-state index contributed by atoms with van der Waals surface area (Å²) in [5.41, 5.74) is 9.77. The van der Waals surface area contributed by atoms with Gasteiger partial charge in [-0.25, -0.2) is 4.98 Å². The fourth-order valence-corrected chi connectivity index (χ4v) is 1.82. The van der Waals surface area contributed by atoms with E-state index in [1.165, 1.54) is 0 Å². The first kappa shape index (κ1) is 10.2. The maximum Gasteiger partial charge on any atom is 0.0998 e. The number of hydrogen-bond acceptors (Lipinski definition) is 2. The molecular formula is C11H12BrN3. The summed E-state index contributed by atoms with van der Waals surface area (Å²) in [6.45, 7) is 4.02. The van der Waals surface area contributed by atoms with Crippen molar-refractivity contribution in [2.45, 2.75) is 13.8 Å². The first-order chi connectivity index (χ1) is 7.09. The molecule has 4 heteroatoms. The summed E-state index contributed by atoms with van der Waals surface area (Å²) >= 11 is 3.44. The highest BCUT2D eigenvalue weighted by Gasteiger charge is 2.07. The smallest absolute Gasteiger partial charge is 0.0998 e. The molecule has 0 saturated carbocycles. The standard InChI is InChI=1S/C11H12BrN3/c1-7-8(2)15(6-14-7)11-5-9(12)3-4-10(11)13/h3-6H,13H2,1-2H3. The average molecular weight is 266 g/mol. The summed E-state index contributed by atoms with van der Waals surface area (Å²) in [7, 11) is 0. The van der Waals surface area contributed by atoms with Gasteiger partial charge < -0.3 is 10.3 Å².